The molecule has 0 aromatic carbocycles. The van der Waals surface area contributed by atoms with Crippen LogP contribution in [0.2, 0.25) is 5.15 Å². The summed E-state index contributed by atoms with van der Waals surface area (Å²) in [6.07, 6.45) is 2.33. The maximum absolute atomic E-state index is 6.31. The smallest absolute Gasteiger partial charge is 0.131 e. The first-order valence-corrected chi connectivity index (χ1v) is 8.03. The van der Waals surface area contributed by atoms with Crippen LogP contribution < -0.4 is 0 Å². The molecule has 0 aliphatic carbocycles. The maximum atomic E-state index is 6.31. The average molecular weight is 337 g/mol. The first kappa shape index (κ1) is 16.0. The molecule has 18 heavy (non-hydrogen) atoms. The fraction of sp³-hybridized carbons (Fsp3) is 0.769. The van der Waals surface area contributed by atoms with Crippen molar-refractivity contribution in [3.63, 3.8) is 0 Å². The van der Waals surface area contributed by atoms with Crippen LogP contribution in [0.15, 0.2) is 0 Å². The topological polar surface area (TPSA) is 21.1 Å². The highest BCUT2D eigenvalue weighted by atomic mass is 79.9. The summed E-state index contributed by atoms with van der Waals surface area (Å²) in [6.45, 7) is 8.44. The summed E-state index contributed by atoms with van der Waals surface area (Å²) in [6, 6.07) is 0.609. The van der Waals surface area contributed by atoms with Crippen molar-refractivity contribution in [1.82, 2.24) is 14.7 Å². The van der Waals surface area contributed by atoms with Crippen LogP contribution in [0.4, 0.5) is 0 Å². The summed E-state index contributed by atoms with van der Waals surface area (Å²) in [5.74, 6) is 0. The quantitative estimate of drug-likeness (QED) is 0.707. The molecule has 1 aromatic rings. The van der Waals surface area contributed by atoms with Crippen LogP contribution in [0.3, 0.4) is 0 Å². The Morgan fingerprint density at radius 1 is 1.39 bits per heavy atom. The number of aryl methyl sites for hydroxylation is 2. The lowest BCUT2D eigenvalue weighted by Crippen LogP contribution is -2.35. The van der Waals surface area contributed by atoms with Crippen LogP contribution in [0.1, 0.15) is 37.9 Å². The first-order valence-electron chi connectivity index (χ1n) is 6.53. The summed E-state index contributed by atoms with van der Waals surface area (Å²) in [5.41, 5.74) is 2.19. The summed E-state index contributed by atoms with van der Waals surface area (Å²) >= 11 is 9.85. The summed E-state index contributed by atoms with van der Waals surface area (Å²) in [5, 5.41) is 6.13. The zero-order chi connectivity index (χ0) is 13.7. The van der Waals surface area contributed by atoms with Crippen molar-refractivity contribution in [2.75, 3.05) is 11.9 Å². The number of hydrogen-bond donors (Lipinski definition) is 0. The normalized spacial score (nSPS) is 11.8. The molecular weight excluding hydrogens is 314 g/mol. The Bertz CT molecular complexity index is 375. The molecule has 0 atom stereocenters. The molecule has 0 fully saturated rings. The maximum Gasteiger partial charge on any atom is 0.131 e. The monoisotopic (exact) mass is 335 g/mol. The van der Waals surface area contributed by atoms with Crippen LogP contribution >= 0.6 is 27.5 Å². The van der Waals surface area contributed by atoms with Crippen molar-refractivity contribution in [2.45, 2.75) is 46.2 Å². The number of aromatic nitrogens is 2. The molecule has 0 N–H and O–H groups in total. The molecule has 0 aliphatic rings. The largest absolute Gasteiger partial charge is 0.295 e. The van der Waals surface area contributed by atoms with Crippen molar-refractivity contribution in [3.8, 4) is 0 Å². The van der Waals surface area contributed by atoms with Gasteiger partial charge in [-0.05, 0) is 19.8 Å². The molecule has 0 amide bonds. The average Bonchev–Trinajstić information content (AvgIpc) is 2.57. The van der Waals surface area contributed by atoms with Crippen molar-refractivity contribution < 1.29 is 0 Å². The van der Waals surface area contributed by atoms with E-state index in [4.69, 9.17) is 11.6 Å². The lowest BCUT2D eigenvalue weighted by molar-refractivity contribution is 0.189. The second kappa shape index (κ2) is 7.51. The molecule has 5 heteroatoms. The molecule has 0 spiro atoms. The number of halogens is 2. The van der Waals surface area contributed by atoms with Crippen molar-refractivity contribution in [3.05, 3.63) is 16.4 Å². The van der Waals surface area contributed by atoms with E-state index in [1.54, 1.807) is 4.68 Å². The molecule has 1 rings (SSSR count). The Morgan fingerprint density at radius 3 is 2.39 bits per heavy atom. The Kier molecular flexibility index (Phi) is 6.67. The number of alkyl halides is 1. The van der Waals surface area contributed by atoms with Gasteiger partial charge in [-0.2, -0.15) is 5.10 Å². The lowest BCUT2D eigenvalue weighted by Gasteiger charge is -2.29. The Balaban J connectivity index is 2.88. The molecule has 1 heterocycles. The Labute approximate surface area is 124 Å². The molecule has 104 valence electrons. The van der Waals surface area contributed by atoms with Crippen LogP contribution in [-0.2, 0) is 13.6 Å². The van der Waals surface area contributed by atoms with Gasteiger partial charge in [0.25, 0.3) is 0 Å². The summed E-state index contributed by atoms with van der Waals surface area (Å²) < 4.78 is 1.76. The third-order valence-corrected chi connectivity index (χ3v) is 4.29. The third kappa shape index (κ3) is 3.72. The minimum Gasteiger partial charge on any atom is -0.295 e. The van der Waals surface area contributed by atoms with E-state index < -0.39 is 0 Å². The molecule has 0 radical (unpaired) electrons. The van der Waals surface area contributed by atoms with Gasteiger partial charge in [0.1, 0.15) is 5.15 Å². The fourth-order valence-corrected chi connectivity index (χ4v) is 3.05. The highest BCUT2D eigenvalue weighted by Crippen LogP contribution is 2.22. The van der Waals surface area contributed by atoms with Crippen LogP contribution in [0.25, 0.3) is 0 Å². The fourth-order valence-electron chi connectivity index (χ4n) is 2.36. The summed E-state index contributed by atoms with van der Waals surface area (Å²) in [4.78, 5) is 2.49. The highest BCUT2D eigenvalue weighted by Gasteiger charge is 2.19. The van der Waals surface area contributed by atoms with Gasteiger partial charge in [-0.3, -0.25) is 9.58 Å². The van der Waals surface area contributed by atoms with Gasteiger partial charge >= 0.3 is 0 Å². The predicted molar refractivity (Wildman–Crippen MR) is 81.5 cm³/mol. The molecule has 0 aliphatic heterocycles. The van der Waals surface area contributed by atoms with Crippen LogP contribution in [0, 0.1) is 6.92 Å². The molecule has 0 saturated heterocycles. The lowest BCUT2D eigenvalue weighted by atomic mass is 10.1. The predicted octanol–water partition coefficient (Wildman–Crippen LogP) is 3.77. The zero-order valence-electron chi connectivity index (χ0n) is 11.7. The highest BCUT2D eigenvalue weighted by molar-refractivity contribution is 9.09. The molecule has 0 unspecified atom stereocenters. The Hall–Kier alpha value is -0.0600. The van der Waals surface area contributed by atoms with E-state index >= 15 is 0 Å². The molecule has 0 saturated carbocycles. The molecular formula is C13H23BrClN3. The van der Waals surface area contributed by atoms with E-state index in [0.717, 1.165) is 34.8 Å². The zero-order valence-corrected chi connectivity index (χ0v) is 14.1. The number of nitrogens with zero attached hydrogens (tertiary/aromatic N) is 3. The third-order valence-electron chi connectivity index (χ3n) is 3.46. The van der Waals surface area contributed by atoms with Gasteiger partial charge in [0.2, 0.25) is 0 Å². The van der Waals surface area contributed by atoms with E-state index in [1.807, 2.05) is 14.0 Å². The Morgan fingerprint density at radius 2 is 2.00 bits per heavy atom. The minimum absolute atomic E-state index is 0.609. The van der Waals surface area contributed by atoms with Crippen LogP contribution in [0.5, 0.6) is 0 Å². The van der Waals surface area contributed by atoms with E-state index in [2.05, 4.69) is 39.8 Å². The SMILES string of the molecule is CCC(CC)N(CCBr)Cc1c(C)nn(C)c1Cl. The molecule has 0 bridgehead atoms. The number of rotatable bonds is 7. The molecule has 3 nitrogen and oxygen atoms in total. The summed E-state index contributed by atoms with van der Waals surface area (Å²) in [7, 11) is 1.89. The van der Waals surface area contributed by atoms with Gasteiger partial charge in [0.15, 0.2) is 0 Å². The van der Waals surface area contributed by atoms with Gasteiger partial charge in [-0.25, -0.2) is 0 Å². The second-order valence-corrected chi connectivity index (χ2v) is 5.76. The van der Waals surface area contributed by atoms with Crippen molar-refractivity contribution in [2.24, 2.45) is 7.05 Å². The van der Waals surface area contributed by atoms with E-state index in [0.29, 0.717) is 6.04 Å². The first-order chi connectivity index (χ1) is 8.54. The van der Waals surface area contributed by atoms with Gasteiger partial charge in [-0.15, -0.1) is 0 Å². The van der Waals surface area contributed by atoms with Gasteiger partial charge in [0, 0.05) is 37.1 Å². The minimum atomic E-state index is 0.609. The van der Waals surface area contributed by atoms with Gasteiger partial charge in [-0.1, -0.05) is 41.4 Å². The standard InChI is InChI=1S/C13H23BrClN3/c1-5-11(6-2)18(8-7-14)9-12-10(3)16-17(4)13(12)15/h11H,5-9H2,1-4H3. The van der Waals surface area contributed by atoms with Crippen LogP contribution in [-0.4, -0.2) is 32.6 Å². The van der Waals surface area contributed by atoms with Gasteiger partial charge < -0.3 is 0 Å². The van der Waals surface area contributed by atoms with E-state index in [-0.39, 0.29) is 0 Å². The second-order valence-electron chi connectivity index (χ2n) is 4.61. The van der Waals surface area contributed by atoms with E-state index in [9.17, 15) is 0 Å². The molecule has 1 aromatic heterocycles. The van der Waals surface area contributed by atoms with E-state index in [1.165, 1.54) is 12.8 Å². The number of hydrogen-bond acceptors (Lipinski definition) is 2. The van der Waals surface area contributed by atoms with Crippen molar-refractivity contribution in [1.29, 1.82) is 0 Å². The van der Waals surface area contributed by atoms with Crippen molar-refractivity contribution >= 4 is 27.5 Å². The van der Waals surface area contributed by atoms with Gasteiger partial charge in [0.05, 0.1) is 5.69 Å².